The molecule has 3 aromatic carbocycles. The predicted molar refractivity (Wildman–Crippen MR) is 110 cm³/mol. The molecule has 3 heteroatoms. The van der Waals surface area contributed by atoms with E-state index >= 15 is 0 Å². The lowest BCUT2D eigenvalue weighted by molar-refractivity contribution is 0.502. The SMILES string of the molecule is CCCc1ccc(C=Cc2ccc(-c3ccc(CC)c(F)c3F)cc2)c(F)c1. The summed E-state index contributed by atoms with van der Waals surface area (Å²) in [6, 6.07) is 15.6. The Morgan fingerprint density at radius 2 is 1.54 bits per heavy atom. The van der Waals surface area contributed by atoms with Gasteiger partial charge < -0.3 is 0 Å². The summed E-state index contributed by atoms with van der Waals surface area (Å²) in [5.74, 6) is -1.85. The third-order valence-electron chi connectivity index (χ3n) is 4.82. The lowest BCUT2D eigenvalue weighted by atomic mass is 10.00. The van der Waals surface area contributed by atoms with Crippen molar-refractivity contribution < 1.29 is 13.2 Å². The van der Waals surface area contributed by atoms with Crippen LogP contribution in [0, 0.1) is 17.5 Å². The van der Waals surface area contributed by atoms with Crippen LogP contribution in [-0.2, 0) is 12.8 Å². The quantitative estimate of drug-likeness (QED) is 0.389. The van der Waals surface area contributed by atoms with Crippen molar-refractivity contribution >= 4 is 12.2 Å². The topological polar surface area (TPSA) is 0 Å². The molecule has 0 aliphatic rings. The fourth-order valence-electron chi connectivity index (χ4n) is 3.20. The molecule has 0 unspecified atom stereocenters. The molecule has 28 heavy (non-hydrogen) atoms. The minimum Gasteiger partial charge on any atom is -0.206 e. The molecule has 0 bridgehead atoms. The highest BCUT2D eigenvalue weighted by molar-refractivity contribution is 5.72. The van der Waals surface area contributed by atoms with Gasteiger partial charge in [-0.1, -0.05) is 81.0 Å². The van der Waals surface area contributed by atoms with Gasteiger partial charge in [-0.15, -0.1) is 0 Å². The molecule has 0 fully saturated rings. The third-order valence-corrected chi connectivity index (χ3v) is 4.82. The molecule has 144 valence electrons. The largest absolute Gasteiger partial charge is 0.206 e. The van der Waals surface area contributed by atoms with Crippen molar-refractivity contribution in [3.05, 3.63) is 94.3 Å². The molecule has 0 nitrogen and oxygen atoms in total. The normalized spacial score (nSPS) is 11.3. The summed E-state index contributed by atoms with van der Waals surface area (Å²) in [7, 11) is 0. The first-order valence-electron chi connectivity index (χ1n) is 9.57. The maximum absolute atomic E-state index is 14.3. The summed E-state index contributed by atoms with van der Waals surface area (Å²) in [6.07, 6.45) is 5.81. The lowest BCUT2D eigenvalue weighted by Gasteiger charge is -2.08. The molecule has 0 spiro atoms. The highest BCUT2D eigenvalue weighted by Crippen LogP contribution is 2.27. The zero-order valence-corrected chi connectivity index (χ0v) is 16.1. The number of benzene rings is 3. The molecule has 0 N–H and O–H groups in total. The van der Waals surface area contributed by atoms with Crippen LogP contribution in [0.5, 0.6) is 0 Å². The Hall–Kier alpha value is -2.81. The molecular formula is C25H23F3. The summed E-state index contributed by atoms with van der Waals surface area (Å²) in [5, 5.41) is 0. The molecule has 0 atom stereocenters. The number of rotatable bonds is 6. The second kappa shape index (κ2) is 8.92. The van der Waals surface area contributed by atoms with E-state index in [0.717, 1.165) is 24.0 Å². The summed E-state index contributed by atoms with van der Waals surface area (Å²) >= 11 is 0. The zero-order chi connectivity index (χ0) is 20.1. The van der Waals surface area contributed by atoms with E-state index < -0.39 is 11.6 Å². The Labute approximate surface area is 164 Å². The van der Waals surface area contributed by atoms with Crippen molar-refractivity contribution in [1.29, 1.82) is 0 Å². The third kappa shape index (κ3) is 4.36. The van der Waals surface area contributed by atoms with Crippen LogP contribution >= 0.6 is 0 Å². The van der Waals surface area contributed by atoms with Crippen LogP contribution in [0.1, 0.15) is 42.5 Å². The van der Waals surface area contributed by atoms with Gasteiger partial charge in [-0.05, 0) is 41.2 Å². The van der Waals surface area contributed by atoms with Crippen LogP contribution in [0.15, 0.2) is 54.6 Å². The van der Waals surface area contributed by atoms with Crippen LogP contribution in [0.4, 0.5) is 13.2 Å². The van der Waals surface area contributed by atoms with Gasteiger partial charge in [-0.3, -0.25) is 0 Å². The standard InChI is InChI=1S/C25H23F3/c1-3-5-18-9-13-21(23(26)16-18)12-8-17-6-10-20(11-7-17)22-15-14-19(4-2)24(27)25(22)28/h6-16H,3-5H2,1-2H3. The Morgan fingerprint density at radius 1 is 0.786 bits per heavy atom. The Balaban J connectivity index is 1.80. The molecule has 0 amide bonds. The van der Waals surface area contributed by atoms with E-state index in [1.807, 2.05) is 6.07 Å². The first kappa shape index (κ1) is 19.9. The van der Waals surface area contributed by atoms with E-state index in [4.69, 9.17) is 0 Å². The van der Waals surface area contributed by atoms with E-state index in [9.17, 15) is 13.2 Å². The zero-order valence-electron chi connectivity index (χ0n) is 16.1. The maximum Gasteiger partial charge on any atom is 0.166 e. The number of aryl methyl sites for hydroxylation is 2. The fourth-order valence-corrected chi connectivity index (χ4v) is 3.20. The second-order valence-electron chi connectivity index (χ2n) is 6.81. The summed E-state index contributed by atoms with van der Waals surface area (Å²) in [6.45, 7) is 3.85. The molecule has 0 aromatic heterocycles. The number of halogens is 3. The summed E-state index contributed by atoms with van der Waals surface area (Å²) in [5.41, 5.74) is 3.57. The van der Waals surface area contributed by atoms with Crippen LogP contribution in [0.3, 0.4) is 0 Å². The monoisotopic (exact) mass is 380 g/mol. The fraction of sp³-hybridized carbons (Fsp3) is 0.200. The summed E-state index contributed by atoms with van der Waals surface area (Å²) in [4.78, 5) is 0. The molecule has 0 heterocycles. The predicted octanol–water partition coefficient (Wildman–Crippen LogP) is 7.46. The lowest BCUT2D eigenvalue weighted by Crippen LogP contribution is -1.95. The molecular weight excluding hydrogens is 357 g/mol. The Kier molecular flexibility index (Phi) is 6.35. The van der Waals surface area contributed by atoms with Gasteiger partial charge in [0.2, 0.25) is 0 Å². The van der Waals surface area contributed by atoms with E-state index in [0.29, 0.717) is 23.1 Å². The molecule has 3 aromatic rings. The van der Waals surface area contributed by atoms with Crippen LogP contribution < -0.4 is 0 Å². The first-order chi connectivity index (χ1) is 13.5. The molecule has 0 radical (unpaired) electrons. The van der Waals surface area contributed by atoms with Crippen molar-refractivity contribution in [3.63, 3.8) is 0 Å². The highest BCUT2D eigenvalue weighted by atomic mass is 19.2. The van der Waals surface area contributed by atoms with Gasteiger partial charge in [-0.25, -0.2) is 13.2 Å². The van der Waals surface area contributed by atoms with Gasteiger partial charge in [0, 0.05) is 11.1 Å². The smallest absolute Gasteiger partial charge is 0.166 e. The molecule has 0 saturated heterocycles. The van der Waals surface area contributed by atoms with Crippen molar-refractivity contribution in [2.45, 2.75) is 33.1 Å². The van der Waals surface area contributed by atoms with Gasteiger partial charge in [0.25, 0.3) is 0 Å². The van der Waals surface area contributed by atoms with E-state index in [-0.39, 0.29) is 11.4 Å². The van der Waals surface area contributed by atoms with Crippen LogP contribution in [-0.4, -0.2) is 0 Å². The van der Waals surface area contributed by atoms with Crippen molar-refractivity contribution in [2.75, 3.05) is 0 Å². The van der Waals surface area contributed by atoms with Crippen molar-refractivity contribution in [1.82, 2.24) is 0 Å². The average Bonchev–Trinajstić information content (AvgIpc) is 2.70. The summed E-state index contributed by atoms with van der Waals surface area (Å²) < 4.78 is 42.5. The van der Waals surface area contributed by atoms with Crippen molar-refractivity contribution in [2.24, 2.45) is 0 Å². The average molecular weight is 380 g/mol. The number of hydrogen-bond acceptors (Lipinski definition) is 0. The highest BCUT2D eigenvalue weighted by Gasteiger charge is 2.13. The Morgan fingerprint density at radius 3 is 2.18 bits per heavy atom. The molecule has 0 saturated carbocycles. The van der Waals surface area contributed by atoms with E-state index in [2.05, 4.69) is 6.92 Å². The number of hydrogen-bond donors (Lipinski definition) is 0. The van der Waals surface area contributed by atoms with Gasteiger partial charge in [0.05, 0.1) is 0 Å². The maximum atomic E-state index is 14.3. The molecule has 0 aliphatic heterocycles. The van der Waals surface area contributed by atoms with Gasteiger partial charge in [0.15, 0.2) is 11.6 Å². The second-order valence-corrected chi connectivity index (χ2v) is 6.81. The molecule has 3 rings (SSSR count). The van der Waals surface area contributed by atoms with Gasteiger partial charge >= 0.3 is 0 Å². The van der Waals surface area contributed by atoms with Gasteiger partial charge in [0.1, 0.15) is 5.82 Å². The van der Waals surface area contributed by atoms with Crippen LogP contribution in [0.2, 0.25) is 0 Å². The van der Waals surface area contributed by atoms with E-state index in [1.54, 1.807) is 67.6 Å². The minimum absolute atomic E-state index is 0.239. The van der Waals surface area contributed by atoms with Gasteiger partial charge in [-0.2, -0.15) is 0 Å². The first-order valence-corrected chi connectivity index (χ1v) is 9.57. The van der Waals surface area contributed by atoms with Crippen molar-refractivity contribution in [3.8, 4) is 11.1 Å². The van der Waals surface area contributed by atoms with Crippen LogP contribution in [0.25, 0.3) is 23.3 Å². The Bertz CT molecular complexity index is 985. The van der Waals surface area contributed by atoms with E-state index in [1.165, 1.54) is 0 Å². The molecule has 0 aliphatic carbocycles. The minimum atomic E-state index is -0.822.